The van der Waals surface area contributed by atoms with Crippen LogP contribution in [0.2, 0.25) is 10.0 Å². The predicted molar refractivity (Wildman–Crippen MR) is 100 cm³/mol. The summed E-state index contributed by atoms with van der Waals surface area (Å²) in [5.74, 6) is -1.39. The number of likely N-dealkylation sites (tertiary alicyclic amines) is 1. The Balaban J connectivity index is 1.81. The highest BCUT2D eigenvalue weighted by Crippen LogP contribution is 2.26. The second-order valence-corrected chi connectivity index (χ2v) is 6.82. The lowest BCUT2D eigenvalue weighted by Crippen LogP contribution is -2.46. The van der Waals surface area contributed by atoms with Crippen LogP contribution in [0.3, 0.4) is 0 Å². The van der Waals surface area contributed by atoms with E-state index in [1.807, 2.05) is 0 Å². The molecule has 0 radical (unpaired) electrons. The van der Waals surface area contributed by atoms with Gasteiger partial charge in [0.25, 0.3) is 0 Å². The average Bonchev–Trinajstić information content (AvgIpc) is 2.61. The second kappa shape index (κ2) is 9.59. The third-order valence-electron chi connectivity index (χ3n) is 4.12. The lowest BCUT2D eigenvalue weighted by atomic mass is 10.0. The maximum atomic E-state index is 12.3. The van der Waals surface area contributed by atoms with Crippen molar-refractivity contribution >= 4 is 47.1 Å². The Morgan fingerprint density at radius 1 is 1.19 bits per heavy atom. The maximum Gasteiger partial charge on any atom is 0.303 e. The SMILES string of the molecule is O=C(O)CCC(=O)NC1CCN(C(=O)C=Cc2cccc(Cl)c2Cl)CC1. The zero-order valence-corrected chi connectivity index (χ0v) is 15.6. The molecule has 0 spiro atoms. The zero-order chi connectivity index (χ0) is 19.1. The average molecular weight is 399 g/mol. The van der Waals surface area contributed by atoms with Crippen LogP contribution >= 0.6 is 23.2 Å². The van der Waals surface area contributed by atoms with Gasteiger partial charge in [-0.3, -0.25) is 14.4 Å². The van der Waals surface area contributed by atoms with E-state index >= 15 is 0 Å². The van der Waals surface area contributed by atoms with Gasteiger partial charge < -0.3 is 15.3 Å². The molecule has 0 saturated carbocycles. The summed E-state index contributed by atoms with van der Waals surface area (Å²) in [7, 11) is 0. The molecule has 1 aliphatic heterocycles. The van der Waals surface area contributed by atoms with E-state index in [-0.39, 0.29) is 30.7 Å². The van der Waals surface area contributed by atoms with Gasteiger partial charge in [-0.25, -0.2) is 0 Å². The molecule has 0 aromatic heterocycles. The molecular weight excluding hydrogens is 379 g/mol. The van der Waals surface area contributed by atoms with E-state index in [1.54, 1.807) is 29.2 Å². The number of carboxylic acids is 1. The normalized spacial score (nSPS) is 15.2. The van der Waals surface area contributed by atoms with Crippen molar-refractivity contribution in [2.45, 2.75) is 31.7 Å². The van der Waals surface area contributed by atoms with Gasteiger partial charge in [-0.05, 0) is 30.5 Å². The summed E-state index contributed by atoms with van der Waals surface area (Å²) in [4.78, 5) is 36.1. The highest BCUT2D eigenvalue weighted by atomic mass is 35.5. The summed E-state index contributed by atoms with van der Waals surface area (Å²) in [6.45, 7) is 1.05. The Bertz CT molecular complexity index is 713. The topological polar surface area (TPSA) is 86.7 Å². The number of carboxylic acid groups (broad SMARTS) is 1. The van der Waals surface area contributed by atoms with Crippen LogP contribution in [-0.2, 0) is 14.4 Å². The highest BCUT2D eigenvalue weighted by Gasteiger charge is 2.22. The fourth-order valence-corrected chi connectivity index (χ4v) is 3.05. The number of hydrogen-bond donors (Lipinski definition) is 2. The number of benzene rings is 1. The number of hydrogen-bond acceptors (Lipinski definition) is 3. The first kappa shape index (κ1) is 20.3. The smallest absolute Gasteiger partial charge is 0.303 e. The molecule has 8 heteroatoms. The third-order valence-corrected chi connectivity index (χ3v) is 4.96. The molecule has 140 valence electrons. The van der Waals surface area contributed by atoms with Gasteiger partial charge >= 0.3 is 5.97 Å². The summed E-state index contributed by atoms with van der Waals surface area (Å²) in [5, 5.41) is 12.2. The number of rotatable bonds is 6. The van der Waals surface area contributed by atoms with Crippen LogP contribution in [0.1, 0.15) is 31.2 Å². The van der Waals surface area contributed by atoms with Crippen LogP contribution in [0, 0.1) is 0 Å². The Morgan fingerprint density at radius 3 is 2.54 bits per heavy atom. The van der Waals surface area contributed by atoms with Crippen molar-refractivity contribution in [1.29, 1.82) is 0 Å². The quantitative estimate of drug-likeness (QED) is 0.721. The van der Waals surface area contributed by atoms with E-state index in [0.717, 1.165) is 0 Å². The van der Waals surface area contributed by atoms with Crippen molar-refractivity contribution in [3.63, 3.8) is 0 Å². The van der Waals surface area contributed by atoms with Crippen molar-refractivity contribution < 1.29 is 19.5 Å². The molecule has 1 heterocycles. The molecular formula is C18H20Cl2N2O4. The Morgan fingerprint density at radius 2 is 1.88 bits per heavy atom. The molecule has 0 unspecified atom stereocenters. The van der Waals surface area contributed by atoms with Gasteiger partial charge in [0.05, 0.1) is 16.5 Å². The van der Waals surface area contributed by atoms with Crippen LogP contribution < -0.4 is 5.32 Å². The van der Waals surface area contributed by atoms with Crippen LogP contribution in [0.15, 0.2) is 24.3 Å². The molecule has 0 bridgehead atoms. The van der Waals surface area contributed by atoms with Gasteiger partial charge in [-0.1, -0.05) is 35.3 Å². The molecule has 1 aliphatic rings. The fourth-order valence-electron chi connectivity index (χ4n) is 2.68. The molecule has 0 aliphatic carbocycles. The van der Waals surface area contributed by atoms with Crippen molar-refractivity contribution in [3.8, 4) is 0 Å². The number of carbonyl (C=O) groups is 3. The van der Waals surface area contributed by atoms with E-state index < -0.39 is 5.97 Å². The summed E-state index contributed by atoms with van der Waals surface area (Å²) in [5.41, 5.74) is 0.674. The molecule has 0 atom stereocenters. The van der Waals surface area contributed by atoms with Gasteiger partial charge in [0.1, 0.15) is 0 Å². The van der Waals surface area contributed by atoms with E-state index in [1.165, 1.54) is 6.08 Å². The van der Waals surface area contributed by atoms with E-state index in [9.17, 15) is 14.4 Å². The minimum Gasteiger partial charge on any atom is -0.481 e. The maximum absolute atomic E-state index is 12.3. The van der Waals surface area contributed by atoms with Gasteiger partial charge in [0.15, 0.2) is 0 Å². The molecule has 1 saturated heterocycles. The van der Waals surface area contributed by atoms with E-state index in [2.05, 4.69) is 5.32 Å². The summed E-state index contributed by atoms with van der Waals surface area (Å²) in [6.07, 6.45) is 4.16. The Kier molecular flexibility index (Phi) is 7.48. The van der Waals surface area contributed by atoms with Crippen LogP contribution in [0.25, 0.3) is 6.08 Å². The summed E-state index contributed by atoms with van der Waals surface area (Å²) in [6, 6.07) is 5.18. The number of nitrogens with zero attached hydrogens (tertiary/aromatic N) is 1. The van der Waals surface area contributed by atoms with Crippen LogP contribution in [0.5, 0.6) is 0 Å². The molecule has 2 rings (SSSR count). The standard InChI is InChI=1S/C18H20Cl2N2O4/c19-14-3-1-2-12(18(14)20)4-6-16(24)22-10-8-13(9-11-22)21-15(23)5-7-17(25)26/h1-4,6,13H,5,7-11H2,(H,21,23)(H,25,26). The van der Waals surface area contributed by atoms with Crippen molar-refractivity contribution in [3.05, 3.63) is 39.9 Å². The minimum atomic E-state index is -0.993. The number of carbonyl (C=O) groups excluding carboxylic acids is 2. The highest BCUT2D eigenvalue weighted by molar-refractivity contribution is 6.42. The van der Waals surface area contributed by atoms with Crippen molar-refractivity contribution in [2.24, 2.45) is 0 Å². The first-order chi connectivity index (χ1) is 12.4. The second-order valence-electron chi connectivity index (χ2n) is 6.04. The lowest BCUT2D eigenvalue weighted by molar-refractivity contribution is -0.139. The summed E-state index contributed by atoms with van der Waals surface area (Å²) < 4.78 is 0. The van der Waals surface area contributed by atoms with Crippen LogP contribution in [-0.4, -0.2) is 46.9 Å². The number of amides is 2. The number of aliphatic carboxylic acids is 1. The zero-order valence-electron chi connectivity index (χ0n) is 14.1. The van der Waals surface area contributed by atoms with Crippen molar-refractivity contribution in [1.82, 2.24) is 10.2 Å². The van der Waals surface area contributed by atoms with E-state index in [4.69, 9.17) is 28.3 Å². The summed E-state index contributed by atoms with van der Waals surface area (Å²) >= 11 is 12.0. The Hall–Kier alpha value is -2.05. The van der Waals surface area contributed by atoms with Crippen LogP contribution in [0.4, 0.5) is 0 Å². The van der Waals surface area contributed by atoms with E-state index in [0.29, 0.717) is 41.5 Å². The van der Waals surface area contributed by atoms with Gasteiger partial charge in [-0.2, -0.15) is 0 Å². The predicted octanol–water partition coefficient (Wildman–Crippen LogP) is 2.98. The minimum absolute atomic E-state index is 0.0301. The monoisotopic (exact) mass is 398 g/mol. The third kappa shape index (κ3) is 6.04. The fraction of sp³-hybridized carbons (Fsp3) is 0.389. The Labute approximate surface area is 161 Å². The number of piperidine rings is 1. The molecule has 26 heavy (non-hydrogen) atoms. The van der Waals surface area contributed by atoms with Gasteiger partial charge in [0, 0.05) is 31.6 Å². The number of halogens is 2. The molecule has 1 fully saturated rings. The van der Waals surface area contributed by atoms with Gasteiger partial charge in [-0.15, -0.1) is 0 Å². The van der Waals surface area contributed by atoms with Crippen molar-refractivity contribution in [2.75, 3.05) is 13.1 Å². The number of nitrogens with one attached hydrogen (secondary N) is 1. The first-order valence-electron chi connectivity index (χ1n) is 8.29. The molecule has 1 aromatic rings. The molecule has 2 amide bonds. The lowest BCUT2D eigenvalue weighted by Gasteiger charge is -2.31. The largest absolute Gasteiger partial charge is 0.481 e. The van der Waals surface area contributed by atoms with Gasteiger partial charge in [0.2, 0.25) is 11.8 Å². The molecule has 2 N–H and O–H groups in total. The molecule has 1 aromatic carbocycles. The molecule has 6 nitrogen and oxygen atoms in total. The first-order valence-corrected chi connectivity index (χ1v) is 9.04.